The number of nitrogens with zero attached hydrogens (tertiary/aromatic N) is 1. The van der Waals surface area contributed by atoms with Gasteiger partial charge in [0.05, 0.1) is 12.5 Å². The minimum Gasteiger partial charge on any atom is -0.494 e. The fourth-order valence-corrected chi connectivity index (χ4v) is 2.39. The summed E-state index contributed by atoms with van der Waals surface area (Å²) in [5.41, 5.74) is 1.08. The van der Waals surface area contributed by atoms with E-state index in [9.17, 15) is 4.79 Å². The Labute approximate surface area is 114 Å². The molecule has 1 fully saturated rings. The van der Waals surface area contributed by atoms with E-state index < -0.39 is 5.97 Å². The van der Waals surface area contributed by atoms with Crippen LogP contribution in [0.4, 0.5) is 5.69 Å². The zero-order chi connectivity index (χ0) is 13.7. The zero-order valence-electron chi connectivity index (χ0n) is 11.3. The Morgan fingerprint density at radius 2 is 2.16 bits per heavy atom. The van der Waals surface area contributed by atoms with E-state index >= 15 is 0 Å². The van der Waals surface area contributed by atoms with Crippen LogP contribution in [-0.4, -0.2) is 30.8 Å². The predicted molar refractivity (Wildman–Crippen MR) is 74.8 cm³/mol. The van der Waals surface area contributed by atoms with E-state index in [4.69, 9.17) is 9.84 Å². The first-order valence-corrected chi connectivity index (χ1v) is 6.91. The lowest BCUT2D eigenvalue weighted by molar-refractivity contribution is -0.141. The van der Waals surface area contributed by atoms with Crippen LogP contribution in [0.3, 0.4) is 0 Å². The highest BCUT2D eigenvalue weighted by Gasteiger charge is 2.25. The number of ether oxygens (including phenoxy) is 1. The van der Waals surface area contributed by atoms with Gasteiger partial charge in [0, 0.05) is 18.8 Å². The maximum absolute atomic E-state index is 11.1. The molecule has 1 aliphatic rings. The number of hydrogen-bond donors (Lipinski definition) is 1. The van der Waals surface area contributed by atoms with E-state index in [-0.39, 0.29) is 5.92 Å². The van der Waals surface area contributed by atoms with Crippen molar-refractivity contribution >= 4 is 11.7 Å². The van der Waals surface area contributed by atoms with E-state index in [1.807, 2.05) is 24.3 Å². The molecule has 1 aliphatic heterocycles. The fraction of sp³-hybridized carbons (Fsp3) is 0.533. The lowest BCUT2D eigenvalue weighted by Crippen LogP contribution is -2.38. The van der Waals surface area contributed by atoms with Crippen molar-refractivity contribution in [3.05, 3.63) is 24.3 Å². The number of anilines is 1. The zero-order valence-corrected chi connectivity index (χ0v) is 11.3. The van der Waals surface area contributed by atoms with Gasteiger partial charge in [0.25, 0.3) is 0 Å². The van der Waals surface area contributed by atoms with Gasteiger partial charge < -0.3 is 14.7 Å². The normalized spacial score (nSPS) is 19.2. The third-order valence-electron chi connectivity index (χ3n) is 3.45. The van der Waals surface area contributed by atoms with Crippen molar-refractivity contribution in [2.75, 3.05) is 24.6 Å². The van der Waals surface area contributed by atoms with Crippen molar-refractivity contribution in [2.45, 2.75) is 26.2 Å². The Morgan fingerprint density at radius 1 is 1.42 bits per heavy atom. The van der Waals surface area contributed by atoms with Gasteiger partial charge in [-0.25, -0.2) is 0 Å². The van der Waals surface area contributed by atoms with Crippen LogP contribution in [0.2, 0.25) is 0 Å². The van der Waals surface area contributed by atoms with Crippen molar-refractivity contribution in [3.63, 3.8) is 0 Å². The first-order valence-electron chi connectivity index (χ1n) is 6.91. The molecule has 1 aromatic carbocycles. The van der Waals surface area contributed by atoms with Crippen LogP contribution < -0.4 is 9.64 Å². The molecule has 1 saturated heterocycles. The van der Waals surface area contributed by atoms with E-state index in [1.165, 1.54) is 0 Å². The van der Waals surface area contributed by atoms with Crippen molar-refractivity contribution < 1.29 is 14.6 Å². The van der Waals surface area contributed by atoms with Crippen LogP contribution in [0.15, 0.2) is 24.3 Å². The van der Waals surface area contributed by atoms with E-state index in [1.54, 1.807) is 0 Å². The quantitative estimate of drug-likeness (QED) is 0.887. The van der Waals surface area contributed by atoms with Crippen molar-refractivity contribution in [1.82, 2.24) is 0 Å². The average Bonchev–Trinajstić information content (AvgIpc) is 2.46. The van der Waals surface area contributed by atoms with Crippen LogP contribution in [-0.2, 0) is 4.79 Å². The maximum Gasteiger partial charge on any atom is 0.308 e. The van der Waals surface area contributed by atoms with Crippen LogP contribution in [0.1, 0.15) is 26.2 Å². The summed E-state index contributed by atoms with van der Waals surface area (Å²) in [5, 5.41) is 9.10. The second kappa shape index (κ2) is 6.45. The number of piperidine rings is 1. The Morgan fingerprint density at radius 3 is 2.79 bits per heavy atom. The second-order valence-electron chi connectivity index (χ2n) is 4.97. The molecule has 1 N–H and O–H groups in total. The van der Waals surface area contributed by atoms with Gasteiger partial charge in [-0.2, -0.15) is 0 Å². The van der Waals surface area contributed by atoms with Gasteiger partial charge in [-0.1, -0.05) is 6.92 Å². The minimum absolute atomic E-state index is 0.246. The molecular weight excluding hydrogens is 242 g/mol. The van der Waals surface area contributed by atoms with Crippen LogP contribution >= 0.6 is 0 Å². The number of rotatable bonds is 5. The number of hydrogen-bond acceptors (Lipinski definition) is 3. The standard InChI is InChI=1S/C15H21NO3/c1-2-10-19-14-7-5-13(6-8-14)16-9-3-4-12(11-16)15(17)18/h5-8,12H,2-4,9-11H2,1H3,(H,17,18). The van der Waals surface area contributed by atoms with Crippen molar-refractivity contribution in [1.29, 1.82) is 0 Å². The summed E-state index contributed by atoms with van der Waals surface area (Å²) in [6.45, 7) is 4.34. The van der Waals surface area contributed by atoms with E-state index in [2.05, 4.69) is 11.8 Å². The van der Waals surface area contributed by atoms with Gasteiger partial charge in [0.2, 0.25) is 0 Å². The first kappa shape index (κ1) is 13.7. The SMILES string of the molecule is CCCOc1ccc(N2CCCC(C(=O)O)C2)cc1. The van der Waals surface area contributed by atoms with Crippen molar-refractivity contribution in [2.24, 2.45) is 5.92 Å². The van der Waals surface area contributed by atoms with Gasteiger partial charge in [-0.05, 0) is 43.5 Å². The molecule has 19 heavy (non-hydrogen) atoms. The van der Waals surface area contributed by atoms with Gasteiger partial charge in [0.15, 0.2) is 0 Å². The third kappa shape index (κ3) is 3.63. The summed E-state index contributed by atoms with van der Waals surface area (Å²) in [5.74, 6) is -0.0604. The highest BCUT2D eigenvalue weighted by Crippen LogP contribution is 2.25. The Balaban J connectivity index is 1.99. The molecule has 4 nitrogen and oxygen atoms in total. The Bertz CT molecular complexity index is 416. The van der Waals surface area contributed by atoms with E-state index in [0.717, 1.165) is 43.9 Å². The predicted octanol–water partition coefficient (Wildman–Crippen LogP) is 2.78. The molecule has 1 aromatic rings. The summed E-state index contributed by atoms with van der Waals surface area (Å²) in [4.78, 5) is 13.2. The smallest absolute Gasteiger partial charge is 0.308 e. The lowest BCUT2D eigenvalue weighted by atomic mass is 9.98. The Kier molecular flexibility index (Phi) is 4.66. The Hall–Kier alpha value is -1.71. The monoisotopic (exact) mass is 263 g/mol. The second-order valence-corrected chi connectivity index (χ2v) is 4.97. The molecule has 0 spiro atoms. The number of aliphatic carboxylic acids is 1. The fourth-order valence-electron chi connectivity index (χ4n) is 2.39. The molecule has 104 valence electrons. The molecule has 0 bridgehead atoms. The number of carbonyl (C=O) groups is 1. The molecule has 1 heterocycles. The molecule has 1 atom stereocenters. The van der Waals surface area contributed by atoms with Crippen LogP contribution in [0.25, 0.3) is 0 Å². The van der Waals surface area contributed by atoms with E-state index in [0.29, 0.717) is 6.54 Å². The van der Waals surface area contributed by atoms with Crippen LogP contribution in [0, 0.1) is 5.92 Å². The van der Waals surface area contributed by atoms with Gasteiger partial charge >= 0.3 is 5.97 Å². The summed E-state index contributed by atoms with van der Waals surface area (Å²) < 4.78 is 5.54. The number of carboxylic acid groups (broad SMARTS) is 1. The average molecular weight is 263 g/mol. The molecule has 0 aromatic heterocycles. The molecular formula is C15H21NO3. The van der Waals surface area contributed by atoms with Crippen LogP contribution in [0.5, 0.6) is 5.75 Å². The molecule has 0 aliphatic carbocycles. The topological polar surface area (TPSA) is 49.8 Å². The summed E-state index contributed by atoms with van der Waals surface area (Å²) in [6.07, 6.45) is 2.71. The third-order valence-corrected chi connectivity index (χ3v) is 3.45. The minimum atomic E-state index is -0.687. The molecule has 0 amide bonds. The summed E-state index contributed by atoms with van der Waals surface area (Å²) in [6, 6.07) is 7.93. The highest BCUT2D eigenvalue weighted by atomic mass is 16.5. The molecule has 0 saturated carbocycles. The molecule has 2 rings (SSSR count). The number of benzene rings is 1. The first-order chi connectivity index (χ1) is 9.20. The largest absolute Gasteiger partial charge is 0.494 e. The summed E-state index contributed by atoms with van der Waals surface area (Å²) >= 11 is 0. The summed E-state index contributed by atoms with van der Waals surface area (Å²) in [7, 11) is 0. The lowest BCUT2D eigenvalue weighted by Gasteiger charge is -2.32. The van der Waals surface area contributed by atoms with Gasteiger partial charge in [0.1, 0.15) is 5.75 Å². The highest BCUT2D eigenvalue weighted by molar-refractivity contribution is 5.71. The van der Waals surface area contributed by atoms with Crippen molar-refractivity contribution in [3.8, 4) is 5.75 Å². The maximum atomic E-state index is 11.1. The molecule has 1 unspecified atom stereocenters. The molecule has 4 heteroatoms. The molecule has 0 radical (unpaired) electrons. The van der Waals surface area contributed by atoms with Gasteiger partial charge in [-0.3, -0.25) is 4.79 Å². The van der Waals surface area contributed by atoms with Gasteiger partial charge in [-0.15, -0.1) is 0 Å². The number of carboxylic acids is 1.